The van der Waals surface area contributed by atoms with Crippen LogP contribution in [0.2, 0.25) is 0 Å². The van der Waals surface area contributed by atoms with E-state index < -0.39 is 30.4 Å². The fraction of sp³-hybridized carbons (Fsp3) is 0.286. The molecule has 25 heavy (non-hydrogen) atoms. The average molecular weight is 477 g/mol. The maximum absolute atomic E-state index is 12.9. The summed E-state index contributed by atoms with van der Waals surface area (Å²) in [5.74, 6) is -1.40. The Morgan fingerprint density at radius 3 is 2.40 bits per heavy atom. The van der Waals surface area contributed by atoms with E-state index >= 15 is 0 Å². The normalized spacial score (nSPS) is 12.2. The zero-order valence-corrected chi connectivity index (χ0v) is 14.6. The molecule has 0 aliphatic heterocycles. The number of rotatable bonds is 4. The second-order valence-corrected chi connectivity index (χ2v) is 6.07. The van der Waals surface area contributed by atoms with Gasteiger partial charge in [0.05, 0.1) is 0 Å². The SMILES string of the molecule is CN(c1cccc(I)c1)c1ncc(C(F)(F)F)c(OCC(F)(F)F)n1. The number of hydrogen-bond acceptors (Lipinski definition) is 4. The highest BCUT2D eigenvalue weighted by molar-refractivity contribution is 14.1. The Morgan fingerprint density at radius 2 is 1.84 bits per heavy atom. The topological polar surface area (TPSA) is 38.2 Å². The highest BCUT2D eigenvalue weighted by atomic mass is 127. The first-order chi connectivity index (χ1) is 11.5. The molecule has 11 heteroatoms. The maximum atomic E-state index is 12.9. The molecule has 0 aliphatic carbocycles. The van der Waals surface area contributed by atoms with Crippen LogP contribution in [-0.2, 0) is 6.18 Å². The second kappa shape index (κ2) is 7.22. The molecule has 136 valence electrons. The van der Waals surface area contributed by atoms with Gasteiger partial charge in [0, 0.05) is 22.5 Å². The smallest absolute Gasteiger partial charge is 0.423 e. The van der Waals surface area contributed by atoms with E-state index in [4.69, 9.17) is 0 Å². The Bertz CT molecular complexity index is 750. The van der Waals surface area contributed by atoms with Gasteiger partial charge in [-0.2, -0.15) is 31.3 Å². The fourth-order valence-corrected chi connectivity index (χ4v) is 2.30. The third kappa shape index (κ3) is 5.34. The second-order valence-electron chi connectivity index (χ2n) is 4.83. The van der Waals surface area contributed by atoms with E-state index in [1.165, 1.54) is 11.9 Å². The Kier molecular flexibility index (Phi) is 5.64. The molecule has 0 unspecified atom stereocenters. The van der Waals surface area contributed by atoms with Crippen LogP contribution in [0.25, 0.3) is 0 Å². The Morgan fingerprint density at radius 1 is 1.16 bits per heavy atom. The number of ether oxygens (including phenoxy) is 1. The monoisotopic (exact) mass is 477 g/mol. The largest absolute Gasteiger partial charge is 0.467 e. The molecule has 0 saturated carbocycles. The molecule has 2 rings (SSSR count). The molecule has 0 N–H and O–H groups in total. The molecule has 0 atom stereocenters. The lowest BCUT2D eigenvalue weighted by Gasteiger charge is -2.20. The number of halogens is 7. The molecule has 1 heterocycles. The predicted molar refractivity (Wildman–Crippen MR) is 85.8 cm³/mol. The summed E-state index contributed by atoms with van der Waals surface area (Å²) in [6, 6.07) is 6.86. The minimum Gasteiger partial charge on any atom is -0.467 e. The van der Waals surface area contributed by atoms with Crippen LogP contribution in [0.3, 0.4) is 0 Å². The first kappa shape index (κ1) is 19.5. The van der Waals surface area contributed by atoms with Crippen LogP contribution in [-0.4, -0.2) is 29.8 Å². The summed E-state index contributed by atoms with van der Waals surface area (Å²) in [5.41, 5.74) is -0.926. The maximum Gasteiger partial charge on any atom is 0.423 e. The number of hydrogen-bond donors (Lipinski definition) is 0. The van der Waals surface area contributed by atoms with E-state index in [2.05, 4.69) is 14.7 Å². The average Bonchev–Trinajstić information content (AvgIpc) is 2.50. The van der Waals surface area contributed by atoms with Crippen molar-refractivity contribution in [3.8, 4) is 5.88 Å². The number of benzene rings is 1. The quantitative estimate of drug-likeness (QED) is 0.469. The molecular weight excluding hydrogens is 467 g/mol. The summed E-state index contributed by atoms with van der Waals surface area (Å²) in [6.07, 6.45) is -9.34. The van der Waals surface area contributed by atoms with Crippen molar-refractivity contribution in [2.75, 3.05) is 18.6 Å². The van der Waals surface area contributed by atoms with E-state index in [1.54, 1.807) is 24.3 Å². The molecule has 1 aromatic heterocycles. The van der Waals surface area contributed by atoms with Crippen LogP contribution in [0.4, 0.5) is 38.0 Å². The van der Waals surface area contributed by atoms with Crippen molar-refractivity contribution in [1.29, 1.82) is 0 Å². The standard InChI is InChI=1S/C14H10F6IN3O/c1-24(9-4-2-3-8(21)5-9)12-22-6-10(14(18,19)20)11(23-12)25-7-13(15,16)17/h2-6H,7H2,1H3. The Labute approximate surface area is 152 Å². The first-order valence-electron chi connectivity index (χ1n) is 6.60. The van der Waals surface area contributed by atoms with Crippen molar-refractivity contribution in [3.05, 3.63) is 39.6 Å². The van der Waals surface area contributed by atoms with Gasteiger partial charge in [0.1, 0.15) is 5.56 Å². The summed E-state index contributed by atoms with van der Waals surface area (Å²) in [4.78, 5) is 8.44. The fourth-order valence-electron chi connectivity index (χ4n) is 1.77. The van der Waals surface area contributed by atoms with Crippen LogP contribution in [0.15, 0.2) is 30.5 Å². The summed E-state index contributed by atoms with van der Waals surface area (Å²) >= 11 is 2.04. The zero-order chi connectivity index (χ0) is 18.8. The van der Waals surface area contributed by atoms with Crippen molar-refractivity contribution < 1.29 is 31.1 Å². The Balaban J connectivity index is 2.40. The molecule has 0 amide bonds. The minimum atomic E-state index is -4.94. The van der Waals surface area contributed by atoms with Gasteiger partial charge in [0.25, 0.3) is 0 Å². The van der Waals surface area contributed by atoms with Crippen molar-refractivity contribution in [1.82, 2.24) is 9.97 Å². The van der Waals surface area contributed by atoms with Crippen molar-refractivity contribution in [3.63, 3.8) is 0 Å². The van der Waals surface area contributed by atoms with Crippen LogP contribution < -0.4 is 9.64 Å². The van der Waals surface area contributed by atoms with Gasteiger partial charge in [0.2, 0.25) is 11.8 Å². The van der Waals surface area contributed by atoms with Gasteiger partial charge in [-0.25, -0.2) is 4.98 Å². The lowest BCUT2D eigenvalue weighted by atomic mass is 10.3. The van der Waals surface area contributed by atoms with Crippen molar-refractivity contribution >= 4 is 34.2 Å². The van der Waals surface area contributed by atoms with Crippen LogP contribution >= 0.6 is 22.6 Å². The van der Waals surface area contributed by atoms with Gasteiger partial charge >= 0.3 is 12.4 Å². The molecule has 0 spiro atoms. The van der Waals surface area contributed by atoms with E-state index in [9.17, 15) is 26.3 Å². The predicted octanol–water partition coefficient (Wildman–Crippen LogP) is 4.81. The lowest BCUT2D eigenvalue weighted by Crippen LogP contribution is -2.23. The highest BCUT2D eigenvalue weighted by Crippen LogP contribution is 2.36. The summed E-state index contributed by atoms with van der Waals surface area (Å²) in [6.45, 7) is -1.89. The third-order valence-corrected chi connectivity index (χ3v) is 3.59. The molecule has 4 nitrogen and oxygen atoms in total. The lowest BCUT2D eigenvalue weighted by molar-refractivity contribution is -0.159. The van der Waals surface area contributed by atoms with Crippen LogP contribution in [0.5, 0.6) is 5.88 Å². The summed E-state index contributed by atoms with van der Waals surface area (Å²) in [5, 5.41) is 0. The zero-order valence-electron chi connectivity index (χ0n) is 12.5. The van der Waals surface area contributed by atoms with E-state index in [0.29, 0.717) is 11.9 Å². The first-order valence-corrected chi connectivity index (χ1v) is 7.68. The van der Waals surface area contributed by atoms with Gasteiger partial charge in [-0.3, -0.25) is 0 Å². The summed E-state index contributed by atoms with van der Waals surface area (Å²) < 4.78 is 80.7. The molecule has 0 bridgehead atoms. The van der Waals surface area contributed by atoms with E-state index in [-0.39, 0.29) is 5.95 Å². The molecular formula is C14H10F6IN3O. The molecule has 2 aromatic rings. The van der Waals surface area contributed by atoms with Crippen LogP contribution in [0, 0.1) is 3.57 Å². The molecule has 0 radical (unpaired) electrons. The highest BCUT2D eigenvalue weighted by Gasteiger charge is 2.38. The minimum absolute atomic E-state index is 0.229. The van der Waals surface area contributed by atoms with Gasteiger partial charge in [0.15, 0.2) is 6.61 Å². The summed E-state index contributed by atoms with van der Waals surface area (Å²) in [7, 11) is 1.47. The molecule has 0 aliphatic rings. The third-order valence-electron chi connectivity index (χ3n) is 2.91. The Hall–Kier alpha value is -1.79. The van der Waals surface area contributed by atoms with E-state index in [1.807, 2.05) is 22.6 Å². The molecule has 0 fully saturated rings. The van der Waals surface area contributed by atoms with Gasteiger partial charge < -0.3 is 9.64 Å². The molecule has 1 aromatic carbocycles. The molecule has 0 saturated heterocycles. The van der Waals surface area contributed by atoms with Crippen LogP contribution in [0.1, 0.15) is 5.56 Å². The van der Waals surface area contributed by atoms with E-state index in [0.717, 1.165) is 3.57 Å². The van der Waals surface area contributed by atoms with Gasteiger partial charge in [-0.15, -0.1) is 0 Å². The van der Waals surface area contributed by atoms with Crippen molar-refractivity contribution in [2.24, 2.45) is 0 Å². The number of aromatic nitrogens is 2. The number of anilines is 2. The van der Waals surface area contributed by atoms with Gasteiger partial charge in [-0.1, -0.05) is 6.07 Å². The number of nitrogens with zero attached hydrogens (tertiary/aromatic N) is 3. The number of alkyl halides is 6. The van der Waals surface area contributed by atoms with Gasteiger partial charge in [-0.05, 0) is 40.8 Å². The van der Waals surface area contributed by atoms with Crippen molar-refractivity contribution in [2.45, 2.75) is 12.4 Å².